The Hall–Kier alpha value is -2.54. The maximum Gasteiger partial charge on any atom is 0.164 e. The lowest BCUT2D eigenvalue weighted by molar-refractivity contribution is 0.242. The van der Waals surface area contributed by atoms with Crippen molar-refractivity contribution in [1.29, 1.82) is 0 Å². The van der Waals surface area contributed by atoms with Crippen molar-refractivity contribution in [2.24, 2.45) is 0 Å². The molecule has 0 unspecified atom stereocenters. The number of aryl methyl sites for hydroxylation is 2. The molecule has 4 heterocycles. The van der Waals surface area contributed by atoms with Crippen LogP contribution >= 0.6 is 0 Å². The highest BCUT2D eigenvalue weighted by Crippen LogP contribution is 2.33. The summed E-state index contributed by atoms with van der Waals surface area (Å²) in [5, 5.41) is 4.01. The van der Waals surface area contributed by atoms with Gasteiger partial charge in [0.25, 0.3) is 0 Å². The standard InChI is InChI=1S/C17H20N6O/c1-11-16(12(2)24-22-11)17-19-6-5-14(21-17)15-4-3-7-23(15)9-13-8-18-10-20-13/h5-6,8,10,15H,3-4,7,9H2,1-2H3,(H,18,20)/t15-/m0/s1. The van der Waals surface area contributed by atoms with Crippen molar-refractivity contribution in [2.75, 3.05) is 6.54 Å². The van der Waals surface area contributed by atoms with E-state index in [1.807, 2.05) is 32.3 Å². The lowest BCUT2D eigenvalue weighted by Crippen LogP contribution is -2.23. The van der Waals surface area contributed by atoms with Gasteiger partial charge in [0.1, 0.15) is 5.76 Å². The molecule has 7 nitrogen and oxygen atoms in total. The zero-order chi connectivity index (χ0) is 16.5. The minimum atomic E-state index is 0.301. The van der Waals surface area contributed by atoms with Gasteiger partial charge in [0.2, 0.25) is 0 Å². The SMILES string of the molecule is Cc1noc(C)c1-c1nccc([C@@H]2CCCN2Cc2cnc[nH]2)n1. The fourth-order valence-electron chi connectivity index (χ4n) is 3.42. The first-order valence-corrected chi connectivity index (χ1v) is 8.20. The molecule has 0 saturated carbocycles. The lowest BCUT2D eigenvalue weighted by Gasteiger charge is -2.23. The summed E-state index contributed by atoms with van der Waals surface area (Å²) >= 11 is 0. The normalized spacial score (nSPS) is 18.3. The number of imidazole rings is 1. The van der Waals surface area contributed by atoms with E-state index in [4.69, 9.17) is 9.51 Å². The van der Waals surface area contributed by atoms with Gasteiger partial charge in [-0.2, -0.15) is 0 Å². The maximum atomic E-state index is 5.25. The first-order valence-electron chi connectivity index (χ1n) is 8.20. The number of hydrogen-bond donors (Lipinski definition) is 1. The van der Waals surface area contributed by atoms with Gasteiger partial charge in [0.15, 0.2) is 5.82 Å². The summed E-state index contributed by atoms with van der Waals surface area (Å²) in [4.78, 5) is 19.0. The Balaban J connectivity index is 1.63. The van der Waals surface area contributed by atoms with Crippen LogP contribution in [0.2, 0.25) is 0 Å². The average Bonchev–Trinajstić information content (AvgIpc) is 3.31. The van der Waals surface area contributed by atoms with Gasteiger partial charge in [-0.3, -0.25) is 4.90 Å². The molecule has 0 radical (unpaired) electrons. The van der Waals surface area contributed by atoms with Gasteiger partial charge in [-0.05, 0) is 39.3 Å². The Morgan fingerprint density at radius 2 is 2.29 bits per heavy atom. The third-order valence-electron chi connectivity index (χ3n) is 4.57. The summed E-state index contributed by atoms with van der Waals surface area (Å²) in [5.74, 6) is 1.45. The molecule has 0 amide bonds. The molecule has 4 rings (SSSR count). The fraction of sp³-hybridized carbons (Fsp3) is 0.412. The second kappa shape index (κ2) is 6.16. The first-order chi connectivity index (χ1) is 11.7. The number of hydrogen-bond acceptors (Lipinski definition) is 6. The third-order valence-corrected chi connectivity index (χ3v) is 4.57. The van der Waals surface area contributed by atoms with Crippen molar-refractivity contribution in [3.05, 3.63) is 47.6 Å². The summed E-state index contributed by atoms with van der Waals surface area (Å²) in [6, 6.07) is 2.31. The molecule has 0 bridgehead atoms. The molecule has 1 N–H and O–H groups in total. The molecule has 7 heteroatoms. The fourth-order valence-corrected chi connectivity index (χ4v) is 3.42. The van der Waals surface area contributed by atoms with Crippen molar-refractivity contribution >= 4 is 0 Å². The monoisotopic (exact) mass is 324 g/mol. The quantitative estimate of drug-likeness (QED) is 0.794. The Labute approximate surface area is 140 Å². The minimum Gasteiger partial charge on any atom is -0.361 e. The molecule has 3 aromatic heterocycles. The summed E-state index contributed by atoms with van der Waals surface area (Å²) in [7, 11) is 0. The number of likely N-dealkylation sites (tertiary alicyclic amines) is 1. The predicted molar refractivity (Wildman–Crippen MR) is 88.0 cm³/mol. The summed E-state index contributed by atoms with van der Waals surface area (Å²) < 4.78 is 5.25. The van der Waals surface area contributed by atoms with Gasteiger partial charge in [0.05, 0.1) is 29.3 Å². The van der Waals surface area contributed by atoms with E-state index in [0.717, 1.165) is 47.9 Å². The van der Waals surface area contributed by atoms with E-state index in [1.54, 1.807) is 6.33 Å². The van der Waals surface area contributed by atoms with Crippen LogP contribution in [0.5, 0.6) is 0 Å². The highest BCUT2D eigenvalue weighted by atomic mass is 16.5. The number of nitrogens with zero attached hydrogens (tertiary/aromatic N) is 5. The van der Waals surface area contributed by atoms with Crippen molar-refractivity contribution in [2.45, 2.75) is 39.3 Å². The molecule has 0 aromatic carbocycles. The number of H-pyrrole nitrogens is 1. The van der Waals surface area contributed by atoms with E-state index in [0.29, 0.717) is 11.9 Å². The van der Waals surface area contributed by atoms with E-state index in [1.165, 1.54) is 6.42 Å². The second-order valence-corrected chi connectivity index (χ2v) is 6.21. The van der Waals surface area contributed by atoms with Crippen LogP contribution in [0.1, 0.15) is 41.7 Å². The summed E-state index contributed by atoms with van der Waals surface area (Å²) in [5.41, 5.74) is 3.90. The van der Waals surface area contributed by atoms with Gasteiger partial charge in [-0.1, -0.05) is 5.16 Å². The Kier molecular flexibility index (Phi) is 3.86. The number of aromatic nitrogens is 5. The molecule has 0 spiro atoms. The second-order valence-electron chi connectivity index (χ2n) is 6.21. The topological polar surface area (TPSA) is 83.7 Å². The lowest BCUT2D eigenvalue weighted by atomic mass is 10.1. The summed E-state index contributed by atoms with van der Waals surface area (Å²) in [6.07, 6.45) is 7.71. The van der Waals surface area contributed by atoms with Crippen molar-refractivity contribution in [3.8, 4) is 11.4 Å². The zero-order valence-electron chi connectivity index (χ0n) is 13.9. The largest absolute Gasteiger partial charge is 0.361 e. The molecule has 124 valence electrons. The molecule has 1 fully saturated rings. The van der Waals surface area contributed by atoms with E-state index in [-0.39, 0.29) is 0 Å². The molecule has 1 aliphatic rings. The number of nitrogens with one attached hydrogen (secondary N) is 1. The van der Waals surface area contributed by atoms with Crippen LogP contribution in [-0.4, -0.2) is 36.5 Å². The van der Waals surface area contributed by atoms with Gasteiger partial charge < -0.3 is 9.51 Å². The molecular weight excluding hydrogens is 304 g/mol. The van der Waals surface area contributed by atoms with E-state index < -0.39 is 0 Å². The Morgan fingerprint density at radius 3 is 3.04 bits per heavy atom. The van der Waals surface area contributed by atoms with E-state index >= 15 is 0 Å². The van der Waals surface area contributed by atoms with Crippen LogP contribution in [0.25, 0.3) is 11.4 Å². The average molecular weight is 324 g/mol. The first kappa shape index (κ1) is 15.0. The smallest absolute Gasteiger partial charge is 0.164 e. The van der Waals surface area contributed by atoms with Gasteiger partial charge in [-0.25, -0.2) is 15.0 Å². The van der Waals surface area contributed by atoms with Crippen LogP contribution in [0, 0.1) is 13.8 Å². The molecule has 1 atom stereocenters. The minimum absolute atomic E-state index is 0.301. The van der Waals surface area contributed by atoms with Crippen molar-refractivity contribution in [3.63, 3.8) is 0 Å². The highest BCUT2D eigenvalue weighted by Gasteiger charge is 2.28. The van der Waals surface area contributed by atoms with Crippen LogP contribution < -0.4 is 0 Å². The van der Waals surface area contributed by atoms with E-state index in [9.17, 15) is 0 Å². The predicted octanol–water partition coefficient (Wildman–Crippen LogP) is 2.81. The highest BCUT2D eigenvalue weighted by molar-refractivity contribution is 5.59. The molecule has 1 aliphatic heterocycles. The van der Waals surface area contributed by atoms with Gasteiger partial charge in [-0.15, -0.1) is 0 Å². The molecule has 0 aliphatic carbocycles. The number of aromatic amines is 1. The van der Waals surface area contributed by atoms with Crippen LogP contribution in [-0.2, 0) is 6.54 Å². The zero-order valence-corrected chi connectivity index (χ0v) is 13.9. The molecule has 1 saturated heterocycles. The Morgan fingerprint density at radius 1 is 1.38 bits per heavy atom. The van der Waals surface area contributed by atoms with Crippen LogP contribution in [0.4, 0.5) is 0 Å². The third kappa shape index (κ3) is 2.71. The Bertz CT molecular complexity index is 806. The molecular formula is C17H20N6O. The van der Waals surface area contributed by atoms with Crippen LogP contribution in [0.3, 0.4) is 0 Å². The number of rotatable bonds is 4. The molecule has 3 aromatic rings. The van der Waals surface area contributed by atoms with Crippen molar-refractivity contribution < 1.29 is 4.52 Å². The molecule has 24 heavy (non-hydrogen) atoms. The van der Waals surface area contributed by atoms with Gasteiger partial charge >= 0.3 is 0 Å². The van der Waals surface area contributed by atoms with Gasteiger partial charge in [0, 0.05) is 24.6 Å². The van der Waals surface area contributed by atoms with Crippen LogP contribution in [0.15, 0.2) is 29.3 Å². The maximum absolute atomic E-state index is 5.25. The summed E-state index contributed by atoms with van der Waals surface area (Å²) in [6.45, 7) is 5.73. The van der Waals surface area contributed by atoms with E-state index in [2.05, 4.69) is 25.0 Å². The van der Waals surface area contributed by atoms with Crippen molar-refractivity contribution in [1.82, 2.24) is 30.0 Å².